The number of benzene rings is 1. The second kappa shape index (κ2) is 9.40. The molecule has 1 aliphatic heterocycles. The van der Waals surface area contributed by atoms with Gasteiger partial charge in [0.2, 0.25) is 11.6 Å². The smallest absolute Gasteiger partial charge is 0.338 e. The van der Waals surface area contributed by atoms with Crippen molar-refractivity contribution in [3.63, 3.8) is 0 Å². The molecule has 1 saturated heterocycles. The Labute approximate surface area is 195 Å². The average molecular weight is 484 g/mol. The van der Waals surface area contributed by atoms with E-state index in [0.29, 0.717) is 37.8 Å². The van der Waals surface area contributed by atoms with E-state index >= 15 is 0 Å². The van der Waals surface area contributed by atoms with Crippen molar-refractivity contribution in [2.45, 2.75) is 4.90 Å². The van der Waals surface area contributed by atoms with Gasteiger partial charge in [0.05, 0.1) is 16.7 Å². The number of nitriles is 1. The van der Waals surface area contributed by atoms with Crippen LogP contribution in [0.1, 0.15) is 16.1 Å². The predicted octanol–water partition coefficient (Wildman–Crippen LogP) is 1.72. The standard InChI is InChI=1S/C22H20N4O7S/c1-34(29,30)16-5-2-4-15(12-16)22(28)32-14-19(27)25-7-9-26(10-8-25)21-17(13-23)24-20(33-21)18-6-3-11-31-18/h2-6,11-12H,7-10,14H2,1H3. The number of ether oxygens (including phenoxy) is 1. The summed E-state index contributed by atoms with van der Waals surface area (Å²) in [6.45, 7) is 0.939. The Kier molecular flexibility index (Phi) is 6.38. The molecule has 0 spiro atoms. The quantitative estimate of drug-likeness (QED) is 0.474. The van der Waals surface area contributed by atoms with Crippen LogP contribution in [0, 0.1) is 11.3 Å². The number of carbonyl (C=O) groups excluding carboxylic acids is 2. The van der Waals surface area contributed by atoms with Gasteiger partial charge >= 0.3 is 5.97 Å². The van der Waals surface area contributed by atoms with Crippen LogP contribution in [0.15, 0.2) is 56.4 Å². The Balaban J connectivity index is 1.33. The summed E-state index contributed by atoms with van der Waals surface area (Å²) in [5.41, 5.74) is 0.165. The summed E-state index contributed by atoms with van der Waals surface area (Å²) in [5, 5.41) is 9.40. The fourth-order valence-corrected chi connectivity index (χ4v) is 4.09. The van der Waals surface area contributed by atoms with Crippen molar-refractivity contribution in [1.82, 2.24) is 9.88 Å². The summed E-state index contributed by atoms with van der Waals surface area (Å²) in [5.74, 6) is -0.273. The molecule has 0 bridgehead atoms. The molecule has 11 nitrogen and oxygen atoms in total. The van der Waals surface area contributed by atoms with Gasteiger partial charge in [-0.15, -0.1) is 0 Å². The lowest BCUT2D eigenvalue weighted by atomic mass is 10.2. The minimum atomic E-state index is -3.48. The highest BCUT2D eigenvalue weighted by Gasteiger charge is 2.27. The van der Waals surface area contributed by atoms with Crippen LogP contribution in [0.4, 0.5) is 5.88 Å². The molecule has 2 aromatic heterocycles. The molecule has 0 N–H and O–H groups in total. The average Bonchev–Trinajstić information content (AvgIpc) is 3.52. The SMILES string of the molecule is CS(=O)(=O)c1cccc(C(=O)OCC(=O)N2CCN(c3oc(-c4ccco4)nc3C#N)CC2)c1. The topological polar surface area (TPSA) is 147 Å². The maximum Gasteiger partial charge on any atom is 0.338 e. The van der Waals surface area contributed by atoms with E-state index in [9.17, 15) is 23.3 Å². The molecule has 12 heteroatoms. The van der Waals surface area contributed by atoms with E-state index in [1.165, 1.54) is 35.4 Å². The van der Waals surface area contributed by atoms with Gasteiger partial charge in [-0.3, -0.25) is 4.79 Å². The first kappa shape index (κ1) is 23.1. The molecular weight excluding hydrogens is 464 g/mol. The van der Waals surface area contributed by atoms with E-state index < -0.39 is 22.4 Å². The van der Waals surface area contributed by atoms with Gasteiger partial charge in [-0.05, 0) is 30.3 Å². The summed E-state index contributed by atoms with van der Waals surface area (Å²) in [6.07, 6.45) is 2.52. The minimum Gasteiger partial charge on any atom is -0.459 e. The molecule has 1 amide bonds. The Morgan fingerprint density at radius 2 is 1.94 bits per heavy atom. The number of sulfone groups is 1. The fourth-order valence-electron chi connectivity index (χ4n) is 3.42. The van der Waals surface area contributed by atoms with Gasteiger partial charge in [-0.25, -0.2) is 13.2 Å². The number of anilines is 1. The zero-order chi connectivity index (χ0) is 24.3. The first-order valence-electron chi connectivity index (χ1n) is 10.2. The Bertz CT molecular complexity index is 1350. The van der Waals surface area contributed by atoms with Gasteiger partial charge in [0.1, 0.15) is 6.07 Å². The number of furan rings is 1. The lowest BCUT2D eigenvalue weighted by molar-refractivity contribution is -0.134. The number of hydrogen-bond donors (Lipinski definition) is 0. The van der Waals surface area contributed by atoms with Crippen LogP contribution in [-0.2, 0) is 19.4 Å². The summed E-state index contributed by atoms with van der Waals surface area (Å²) < 4.78 is 39.4. The van der Waals surface area contributed by atoms with Crippen LogP contribution < -0.4 is 4.90 Å². The highest BCUT2D eigenvalue weighted by Crippen LogP contribution is 2.29. The molecule has 1 aromatic carbocycles. The Morgan fingerprint density at radius 1 is 1.18 bits per heavy atom. The molecule has 176 valence electrons. The summed E-state index contributed by atoms with van der Waals surface area (Å²) in [7, 11) is -3.48. The van der Waals surface area contributed by atoms with Crippen molar-refractivity contribution < 1.29 is 31.6 Å². The maximum atomic E-state index is 12.5. The van der Waals surface area contributed by atoms with Crippen LogP contribution in [0.3, 0.4) is 0 Å². The number of aromatic nitrogens is 1. The first-order chi connectivity index (χ1) is 16.3. The van der Waals surface area contributed by atoms with Gasteiger partial charge in [0, 0.05) is 32.4 Å². The van der Waals surface area contributed by atoms with E-state index in [-0.39, 0.29) is 28.0 Å². The van der Waals surface area contributed by atoms with Crippen LogP contribution in [0.5, 0.6) is 0 Å². The van der Waals surface area contributed by atoms with Gasteiger partial charge in [0.25, 0.3) is 11.8 Å². The van der Waals surface area contributed by atoms with Crippen LogP contribution in [0.25, 0.3) is 11.7 Å². The number of amides is 1. The highest BCUT2D eigenvalue weighted by molar-refractivity contribution is 7.90. The number of piperazine rings is 1. The highest BCUT2D eigenvalue weighted by atomic mass is 32.2. The molecule has 1 aliphatic rings. The van der Waals surface area contributed by atoms with E-state index in [4.69, 9.17) is 13.6 Å². The van der Waals surface area contributed by atoms with Crippen molar-refractivity contribution >= 4 is 27.6 Å². The molecule has 0 saturated carbocycles. The lowest BCUT2D eigenvalue weighted by Gasteiger charge is -2.34. The van der Waals surface area contributed by atoms with Crippen molar-refractivity contribution in [3.8, 4) is 17.7 Å². The van der Waals surface area contributed by atoms with Crippen molar-refractivity contribution in [1.29, 1.82) is 5.26 Å². The second-order valence-electron chi connectivity index (χ2n) is 7.51. The van der Waals surface area contributed by atoms with Crippen molar-refractivity contribution in [2.24, 2.45) is 0 Å². The largest absolute Gasteiger partial charge is 0.459 e. The van der Waals surface area contributed by atoms with Gasteiger partial charge in [-0.2, -0.15) is 10.2 Å². The molecule has 34 heavy (non-hydrogen) atoms. The maximum absolute atomic E-state index is 12.5. The fraction of sp³-hybridized carbons (Fsp3) is 0.273. The zero-order valence-electron chi connectivity index (χ0n) is 18.1. The van der Waals surface area contributed by atoms with Crippen molar-refractivity contribution in [3.05, 3.63) is 53.9 Å². The molecule has 0 atom stereocenters. The first-order valence-corrected chi connectivity index (χ1v) is 12.1. The van der Waals surface area contributed by atoms with E-state index in [1.54, 1.807) is 12.1 Å². The normalized spacial score (nSPS) is 14.0. The van der Waals surface area contributed by atoms with Crippen LogP contribution in [-0.4, -0.2) is 69.2 Å². The number of rotatable bonds is 6. The number of esters is 1. The molecule has 3 heterocycles. The molecule has 1 fully saturated rings. The van der Waals surface area contributed by atoms with Gasteiger partial charge in [-0.1, -0.05) is 6.07 Å². The lowest BCUT2D eigenvalue weighted by Crippen LogP contribution is -2.50. The van der Waals surface area contributed by atoms with Gasteiger partial charge in [0.15, 0.2) is 22.2 Å². The summed E-state index contributed by atoms with van der Waals surface area (Å²) in [6, 6.07) is 10.8. The third-order valence-corrected chi connectivity index (χ3v) is 6.30. The van der Waals surface area contributed by atoms with E-state index in [2.05, 4.69) is 4.98 Å². The van der Waals surface area contributed by atoms with E-state index in [1.807, 2.05) is 11.0 Å². The predicted molar refractivity (Wildman–Crippen MR) is 118 cm³/mol. The number of nitrogens with zero attached hydrogens (tertiary/aromatic N) is 4. The molecule has 0 unspecified atom stereocenters. The van der Waals surface area contributed by atoms with E-state index in [0.717, 1.165) is 6.26 Å². The van der Waals surface area contributed by atoms with Gasteiger partial charge < -0.3 is 23.4 Å². The summed E-state index contributed by atoms with van der Waals surface area (Å²) in [4.78, 5) is 32.3. The Morgan fingerprint density at radius 3 is 2.59 bits per heavy atom. The van der Waals surface area contributed by atoms with Crippen molar-refractivity contribution in [2.75, 3.05) is 43.9 Å². The molecule has 4 rings (SSSR count). The van der Waals surface area contributed by atoms with Crippen LogP contribution >= 0.6 is 0 Å². The Hall–Kier alpha value is -4.11. The minimum absolute atomic E-state index is 0.0104. The molecule has 0 aliphatic carbocycles. The molecule has 0 radical (unpaired) electrons. The third-order valence-electron chi connectivity index (χ3n) is 5.19. The number of hydrogen-bond acceptors (Lipinski definition) is 10. The number of oxazole rings is 1. The molecular formula is C22H20N4O7S. The summed E-state index contributed by atoms with van der Waals surface area (Å²) >= 11 is 0. The number of carbonyl (C=O) groups is 2. The second-order valence-corrected chi connectivity index (χ2v) is 9.52. The third kappa shape index (κ3) is 4.94. The molecule has 3 aromatic rings. The van der Waals surface area contributed by atoms with Crippen LogP contribution in [0.2, 0.25) is 0 Å². The monoisotopic (exact) mass is 484 g/mol. The zero-order valence-corrected chi connectivity index (χ0v) is 18.9.